The molecule has 0 unspecified atom stereocenters. The predicted octanol–water partition coefficient (Wildman–Crippen LogP) is 2.17. The lowest BCUT2D eigenvalue weighted by molar-refractivity contribution is -0.137. The second-order valence-electron chi connectivity index (χ2n) is 7.69. The highest BCUT2D eigenvalue weighted by molar-refractivity contribution is 7.50. The highest BCUT2D eigenvalue weighted by Gasteiger charge is 2.36. The zero-order valence-corrected chi connectivity index (χ0v) is 18.0. The number of rotatable bonds is 4. The number of H-pyrrole nitrogens is 1. The fraction of sp³-hybridized carbons (Fsp3) is 0.300. The van der Waals surface area contributed by atoms with Gasteiger partial charge in [-0.2, -0.15) is 13.2 Å². The minimum absolute atomic E-state index is 0.198. The quantitative estimate of drug-likeness (QED) is 0.384. The van der Waals surface area contributed by atoms with Gasteiger partial charge in [-0.25, -0.2) is 0 Å². The van der Waals surface area contributed by atoms with Gasteiger partial charge in [0, 0.05) is 31.9 Å². The number of piperazine rings is 1. The molecule has 176 valence electrons. The molecule has 0 saturated carbocycles. The minimum atomic E-state index is -4.81. The Kier molecular flexibility index (Phi) is 5.85. The summed E-state index contributed by atoms with van der Waals surface area (Å²) in [6.07, 6.45) is -5.89. The second-order valence-corrected chi connectivity index (χ2v) is 9.30. The summed E-state index contributed by atoms with van der Waals surface area (Å²) < 4.78 is 53.8. The smallest absolute Gasteiger partial charge is 0.368 e. The van der Waals surface area contributed by atoms with Crippen molar-refractivity contribution in [1.29, 1.82) is 0 Å². The fourth-order valence-electron chi connectivity index (χ4n) is 3.97. The predicted molar refractivity (Wildman–Crippen MR) is 117 cm³/mol. The van der Waals surface area contributed by atoms with Gasteiger partial charge in [0.25, 0.3) is 0 Å². The lowest BCUT2D eigenvalue weighted by Gasteiger charge is -2.38. The van der Waals surface area contributed by atoms with Crippen LogP contribution in [0.4, 0.5) is 24.5 Å². The van der Waals surface area contributed by atoms with E-state index in [1.165, 1.54) is 4.90 Å². The number of anilines is 2. The van der Waals surface area contributed by atoms with Crippen LogP contribution in [0.2, 0.25) is 0 Å². The van der Waals surface area contributed by atoms with Gasteiger partial charge in [0.2, 0.25) is 0 Å². The summed E-state index contributed by atoms with van der Waals surface area (Å²) in [6, 6.07) is 11.2. The first-order valence-corrected chi connectivity index (χ1v) is 11.7. The normalized spacial score (nSPS) is 15.3. The largest absolute Gasteiger partial charge is 0.418 e. The first-order valence-electron chi connectivity index (χ1n) is 9.91. The van der Waals surface area contributed by atoms with Crippen molar-refractivity contribution in [2.24, 2.45) is 0 Å². The fourth-order valence-corrected chi connectivity index (χ4v) is 4.62. The number of fused-ring (bicyclic) bond motifs is 1. The number of halogens is 3. The highest BCUT2D eigenvalue weighted by Crippen LogP contribution is 2.41. The SMILES string of the molecule is O=c1[nH]c2cc(C(F)(F)F)c(N3CCN(c4ccccc4)CC3)cc2n(CP(=O)(O)O)c1=O. The maximum atomic E-state index is 13.9. The van der Waals surface area contributed by atoms with Crippen LogP contribution < -0.4 is 20.9 Å². The Balaban J connectivity index is 1.81. The molecule has 13 heteroatoms. The van der Waals surface area contributed by atoms with Gasteiger partial charge in [-0.05, 0) is 24.3 Å². The summed E-state index contributed by atoms with van der Waals surface area (Å²) in [4.78, 5) is 48.5. The van der Waals surface area contributed by atoms with E-state index in [9.17, 15) is 37.1 Å². The summed E-state index contributed by atoms with van der Waals surface area (Å²) in [5.74, 6) is 0. The molecule has 33 heavy (non-hydrogen) atoms. The molecule has 4 rings (SSSR count). The Bertz CT molecular complexity index is 1340. The van der Waals surface area contributed by atoms with Crippen LogP contribution in [0.25, 0.3) is 11.0 Å². The van der Waals surface area contributed by atoms with Crippen molar-refractivity contribution in [3.63, 3.8) is 0 Å². The molecule has 0 spiro atoms. The molecule has 3 N–H and O–H groups in total. The van der Waals surface area contributed by atoms with Gasteiger partial charge in [-0.1, -0.05) is 18.2 Å². The Hall–Kier alpha value is -3.08. The lowest BCUT2D eigenvalue weighted by Crippen LogP contribution is -2.47. The monoisotopic (exact) mass is 484 g/mol. The number of nitrogens with one attached hydrogen (secondary N) is 1. The Morgan fingerprint density at radius 2 is 1.58 bits per heavy atom. The van der Waals surface area contributed by atoms with Crippen molar-refractivity contribution in [2.45, 2.75) is 12.5 Å². The summed E-state index contributed by atoms with van der Waals surface area (Å²) in [6.45, 7) is 1.38. The molecule has 0 amide bonds. The Labute approximate surface area is 184 Å². The summed E-state index contributed by atoms with van der Waals surface area (Å²) >= 11 is 0. The van der Waals surface area contributed by atoms with Crippen molar-refractivity contribution in [1.82, 2.24) is 9.55 Å². The molecule has 1 aliphatic heterocycles. The van der Waals surface area contributed by atoms with Gasteiger partial charge < -0.3 is 24.6 Å². The molecular formula is C20H20F3N4O5P. The van der Waals surface area contributed by atoms with Gasteiger partial charge in [0.15, 0.2) is 0 Å². The van der Waals surface area contributed by atoms with E-state index in [0.717, 1.165) is 11.8 Å². The number of para-hydroxylation sites is 1. The minimum Gasteiger partial charge on any atom is -0.368 e. The van der Waals surface area contributed by atoms with Crippen LogP contribution in [0.5, 0.6) is 0 Å². The molecular weight excluding hydrogens is 464 g/mol. The average Bonchev–Trinajstić information content (AvgIpc) is 2.75. The average molecular weight is 484 g/mol. The van der Waals surface area contributed by atoms with Crippen LogP contribution in [0.1, 0.15) is 5.56 Å². The third kappa shape index (κ3) is 4.82. The number of alkyl halides is 3. The van der Waals surface area contributed by atoms with Crippen LogP contribution >= 0.6 is 7.60 Å². The molecule has 1 aliphatic rings. The van der Waals surface area contributed by atoms with E-state index in [-0.39, 0.29) is 29.8 Å². The van der Waals surface area contributed by atoms with Crippen LogP contribution in [-0.2, 0) is 17.0 Å². The number of aromatic nitrogens is 2. The summed E-state index contributed by atoms with van der Waals surface area (Å²) in [5.41, 5.74) is -3.37. The lowest BCUT2D eigenvalue weighted by atomic mass is 10.1. The van der Waals surface area contributed by atoms with Crippen LogP contribution in [0.3, 0.4) is 0 Å². The molecule has 0 atom stereocenters. The summed E-state index contributed by atoms with van der Waals surface area (Å²) in [7, 11) is -4.81. The maximum absolute atomic E-state index is 13.9. The zero-order valence-electron chi connectivity index (χ0n) is 17.1. The van der Waals surface area contributed by atoms with Crippen molar-refractivity contribution in [3.8, 4) is 0 Å². The maximum Gasteiger partial charge on any atom is 0.418 e. The molecule has 2 heterocycles. The van der Waals surface area contributed by atoms with E-state index in [1.54, 1.807) is 0 Å². The molecule has 3 aromatic rings. The van der Waals surface area contributed by atoms with Crippen LogP contribution in [0, 0.1) is 0 Å². The van der Waals surface area contributed by atoms with Gasteiger partial charge in [-0.15, -0.1) is 0 Å². The summed E-state index contributed by atoms with van der Waals surface area (Å²) in [5, 5.41) is 0. The number of nitrogens with zero attached hydrogens (tertiary/aromatic N) is 3. The van der Waals surface area contributed by atoms with Crippen molar-refractivity contribution >= 4 is 30.0 Å². The second kappa shape index (κ2) is 8.36. The third-order valence-electron chi connectivity index (χ3n) is 5.47. The number of benzene rings is 2. The number of aromatic amines is 1. The highest BCUT2D eigenvalue weighted by atomic mass is 31.2. The molecule has 0 aliphatic carbocycles. The zero-order chi connectivity index (χ0) is 24.0. The van der Waals surface area contributed by atoms with E-state index in [4.69, 9.17) is 0 Å². The molecule has 9 nitrogen and oxygen atoms in total. The van der Waals surface area contributed by atoms with Crippen LogP contribution in [-0.4, -0.2) is 45.5 Å². The van der Waals surface area contributed by atoms with Crippen molar-refractivity contribution in [3.05, 3.63) is 68.7 Å². The van der Waals surface area contributed by atoms with Gasteiger partial charge in [-0.3, -0.25) is 18.7 Å². The number of hydrogen-bond donors (Lipinski definition) is 3. The van der Waals surface area contributed by atoms with Crippen LogP contribution in [0.15, 0.2) is 52.1 Å². The van der Waals surface area contributed by atoms with Crippen molar-refractivity contribution < 1.29 is 27.5 Å². The van der Waals surface area contributed by atoms with E-state index >= 15 is 0 Å². The van der Waals surface area contributed by atoms with E-state index in [2.05, 4.69) is 4.98 Å². The first kappa shape index (κ1) is 23.1. The topological polar surface area (TPSA) is 119 Å². The first-order chi connectivity index (χ1) is 15.4. The van der Waals surface area contributed by atoms with E-state index in [0.29, 0.717) is 23.7 Å². The van der Waals surface area contributed by atoms with Crippen molar-refractivity contribution in [2.75, 3.05) is 36.0 Å². The molecule has 0 radical (unpaired) electrons. The molecule has 1 aromatic heterocycles. The standard InChI is InChI=1S/C20H20F3N4O5P/c21-20(22,23)14-10-15-17(27(12-33(30,31)32)19(29)18(28)24-15)11-16(14)26-8-6-25(7-9-26)13-4-2-1-3-5-13/h1-5,10-11H,6-9,12H2,(H,24,28)(H2,30,31,32). The Morgan fingerprint density at radius 1 is 0.970 bits per heavy atom. The van der Waals surface area contributed by atoms with Gasteiger partial charge >= 0.3 is 24.9 Å². The van der Waals surface area contributed by atoms with Gasteiger partial charge in [0.1, 0.15) is 6.29 Å². The van der Waals surface area contributed by atoms with E-state index < -0.39 is 36.7 Å². The van der Waals surface area contributed by atoms with Gasteiger partial charge in [0.05, 0.1) is 22.3 Å². The number of hydrogen-bond acceptors (Lipinski definition) is 5. The van der Waals surface area contributed by atoms with E-state index in [1.807, 2.05) is 35.2 Å². The Morgan fingerprint density at radius 3 is 2.15 bits per heavy atom. The molecule has 0 bridgehead atoms. The third-order valence-corrected chi connectivity index (χ3v) is 6.12. The molecule has 1 saturated heterocycles. The molecule has 2 aromatic carbocycles. The molecule has 1 fully saturated rings.